The van der Waals surface area contributed by atoms with Gasteiger partial charge in [-0.25, -0.2) is 5.43 Å². The smallest absolute Gasteiger partial charge is 0.239 e. The Morgan fingerprint density at radius 2 is 2.38 bits per heavy atom. The molecule has 0 fully saturated rings. The minimum atomic E-state index is -0.151. The lowest BCUT2D eigenvalue weighted by Gasteiger charge is -2.03. The molecule has 0 saturated carbocycles. The van der Waals surface area contributed by atoms with E-state index in [-0.39, 0.29) is 11.7 Å². The Bertz CT molecular complexity index is 402. The molecular formula is C11H14N2O3. The van der Waals surface area contributed by atoms with Crippen LogP contribution in [0.3, 0.4) is 0 Å². The average molecular weight is 222 g/mol. The van der Waals surface area contributed by atoms with Crippen LogP contribution in [-0.4, -0.2) is 24.3 Å². The van der Waals surface area contributed by atoms with Gasteiger partial charge in [0.1, 0.15) is 0 Å². The van der Waals surface area contributed by atoms with Crippen molar-refractivity contribution in [1.29, 1.82) is 0 Å². The third-order valence-corrected chi connectivity index (χ3v) is 1.93. The van der Waals surface area contributed by atoms with Crippen LogP contribution in [0.25, 0.3) is 0 Å². The summed E-state index contributed by atoms with van der Waals surface area (Å²) in [5.74, 6) is 0.282. The predicted octanol–water partition coefficient (Wildman–Crippen LogP) is 1.26. The van der Waals surface area contributed by atoms with Crippen molar-refractivity contribution in [2.45, 2.75) is 13.3 Å². The van der Waals surface area contributed by atoms with Crippen LogP contribution in [-0.2, 0) is 4.79 Å². The number of phenolic OH excluding ortho intramolecular Hbond substituents is 1. The average Bonchev–Trinajstić information content (AvgIpc) is 2.31. The van der Waals surface area contributed by atoms with E-state index >= 15 is 0 Å². The maximum Gasteiger partial charge on any atom is 0.239 e. The number of nitrogens with zero attached hydrogens (tertiary/aromatic N) is 1. The lowest BCUT2D eigenvalue weighted by Crippen LogP contribution is -2.15. The van der Waals surface area contributed by atoms with E-state index in [1.807, 2.05) is 0 Å². The van der Waals surface area contributed by atoms with Gasteiger partial charge in [0, 0.05) is 6.42 Å². The van der Waals surface area contributed by atoms with Crippen molar-refractivity contribution in [2.24, 2.45) is 5.10 Å². The first-order chi connectivity index (χ1) is 7.67. The molecule has 1 amide bonds. The molecular weight excluding hydrogens is 208 g/mol. The summed E-state index contributed by atoms with van der Waals surface area (Å²) < 4.78 is 4.94. The second-order valence-electron chi connectivity index (χ2n) is 3.08. The molecule has 0 heterocycles. The fraction of sp³-hybridized carbons (Fsp3) is 0.273. The van der Waals surface area contributed by atoms with Crippen LogP contribution in [0.1, 0.15) is 18.9 Å². The second-order valence-corrected chi connectivity index (χ2v) is 3.08. The van der Waals surface area contributed by atoms with Gasteiger partial charge in [-0.1, -0.05) is 6.92 Å². The molecule has 0 bridgehead atoms. The Labute approximate surface area is 93.7 Å². The molecule has 1 rings (SSSR count). The van der Waals surface area contributed by atoms with Gasteiger partial charge in [0.25, 0.3) is 0 Å². The van der Waals surface area contributed by atoms with Crippen molar-refractivity contribution < 1.29 is 14.6 Å². The Balaban J connectivity index is 2.70. The second kappa shape index (κ2) is 5.75. The highest BCUT2D eigenvalue weighted by Crippen LogP contribution is 2.25. The number of hydrazone groups is 1. The van der Waals surface area contributed by atoms with Gasteiger partial charge in [0.15, 0.2) is 11.5 Å². The zero-order chi connectivity index (χ0) is 12.0. The maximum atomic E-state index is 10.9. The Kier molecular flexibility index (Phi) is 4.32. The third-order valence-electron chi connectivity index (χ3n) is 1.93. The minimum Gasteiger partial charge on any atom is -0.504 e. The molecule has 0 unspecified atom stereocenters. The molecule has 0 radical (unpaired) electrons. The zero-order valence-corrected chi connectivity index (χ0v) is 9.23. The summed E-state index contributed by atoms with van der Waals surface area (Å²) in [4.78, 5) is 10.9. The summed E-state index contributed by atoms with van der Waals surface area (Å²) in [6.07, 6.45) is 1.87. The number of methoxy groups -OCH3 is 1. The highest BCUT2D eigenvalue weighted by Gasteiger charge is 2.00. The summed E-state index contributed by atoms with van der Waals surface area (Å²) in [6, 6.07) is 4.79. The highest BCUT2D eigenvalue weighted by atomic mass is 16.5. The first-order valence-corrected chi connectivity index (χ1v) is 4.86. The van der Waals surface area contributed by atoms with Gasteiger partial charge < -0.3 is 9.84 Å². The van der Waals surface area contributed by atoms with Crippen molar-refractivity contribution in [2.75, 3.05) is 7.11 Å². The number of rotatable bonds is 4. The number of carbonyl (C=O) groups excluding carboxylic acids is 1. The number of nitrogens with one attached hydrogen (secondary N) is 1. The number of ether oxygens (including phenoxy) is 1. The Morgan fingerprint density at radius 1 is 1.62 bits per heavy atom. The zero-order valence-electron chi connectivity index (χ0n) is 9.23. The van der Waals surface area contributed by atoms with Gasteiger partial charge in [0.05, 0.1) is 13.3 Å². The number of amides is 1. The number of aromatic hydroxyl groups is 1. The molecule has 0 aliphatic carbocycles. The lowest BCUT2D eigenvalue weighted by molar-refractivity contribution is -0.120. The molecule has 0 atom stereocenters. The number of hydrogen-bond acceptors (Lipinski definition) is 4. The molecule has 86 valence electrons. The van der Waals surface area contributed by atoms with E-state index in [4.69, 9.17) is 4.74 Å². The number of phenols is 1. The molecule has 0 aliphatic rings. The monoisotopic (exact) mass is 222 g/mol. The topological polar surface area (TPSA) is 70.9 Å². The van der Waals surface area contributed by atoms with Crippen molar-refractivity contribution in [3.8, 4) is 11.5 Å². The Morgan fingerprint density at radius 3 is 3.00 bits per heavy atom. The van der Waals surface area contributed by atoms with Gasteiger partial charge in [-0.15, -0.1) is 0 Å². The number of hydrogen-bond donors (Lipinski definition) is 2. The van der Waals surface area contributed by atoms with Crippen LogP contribution in [0.4, 0.5) is 0 Å². The molecule has 1 aromatic rings. The first-order valence-electron chi connectivity index (χ1n) is 4.86. The van der Waals surface area contributed by atoms with Crippen LogP contribution in [0.5, 0.6) is 11.5 Å². The standard InChI is InChI=1S/C11H14N2O3/c1-3-11(15)13-12-7-8-4-5-9(14)10(6-8)16-2/h4-7,14H,3H2,1-2H3,(H,13,15)/b12-7-. The summed E-state index contributed by atoms with van der Waals surface area (Å²) in [5.41, 5.74) is 3.09. The van der Waals surface area contributed by atoms with E-state index in [0.29, 0.717) is 12.2 Å². The van der Waals surface area contributed by atoms with Crippen molar-refractivity contribution in [1.82, 2.24) is 5.43 Å². The fourth-order valence-corrected chi connectivity index (χ4v) is 1.03. The van der Waals surface area contributed by atoms with Crippen LogP contribution < -0.4 is 10.2 Å². The lowest BCUT2D eigenvalue weighted by atomic mass is 10.2. The fourth-order valence-electron chi connectivity index (χ4n) is 1.03. The number of carbonyl (C=O) groups is 1. The molecule has 16 heavy (non-hydrogen) atoms. The summed E-state index contributed by atoms with van der Waals surface area (Å²) in [7, 11) is 1.47. The molecule has 2 N–H and O–H groups in total. The van der Waals surface area contributed by atoms with E-state index in [2.05, 4.69) is 10.5 Å². The van der Waals surface area contributed by atoms with E-state index in [0.717, 1.165) is 5.56 Å². The van der Waals surface area contributed by atoms with E-state index in [1.165, 1.54) is 19.4 Å². The van der Waals surface area contributed by atoms with E-state index in [9.17, 15) is 9.90 Å². The van der Waals surface area contributed by atoms with Gasteiger partial charge in [-0.3, -0.25) is 4.79 Å². The maximum absolute atomic E-state index is 10.9. The van der Waals surface area contributed by atoms with Crippen molar-refractivity contribution in [3.05, 3.63) is 23.8 Å². The molecule has 5 heteroatoms. The van der Waals surface area contributed by atoms with Crippen LogP contribution in [0, 0.1) is 0 Å². The van der Waals surface area contributed by atoms with Crippen LogP contribution in [0.2, 0.25) is 0 Å². The summed E-state index contributed by atoms with van der Waals surface area (Å²) in [5, 5.41) is 13.1. The quantitative estimate of drug-likeness (QED) is 0.595. The minimum absolute atomic E-state index is 0.0669. The van der Waals surface area contributed by atoms with Gasteiger partial charge in [-0.2, -0.15) is 5.10 Å². The summed E-state index contributed by atoms with van der Waals surface area (Å²) in [6.45, 7) is 1.74. The van der Waals surface area contributed by atoms with E-state index in [1.54, 1.807) is 19.1 Å². The van der Waals surface area contributed by atoms with E-state index < -0.39 is 0 Å². The molecule has 5 nitrogen and oxygen atoms in total. The van der Waals surface area contributed by atoms with Crippen molar-refractivity contribution in [3.63, 3.8) is 0 Å². The van der Waals surface area contributed by atoms with Gasteiger partial charge >= 0.3 is 0 Å². The van der Waals surface area contributed by atoms with Gasteiger partial charge in [-0.05, 0) is 23.8 Å². The highest BCUT2D eigenvalue weighted by molar-refractivity contribution is 5.83. The molecule has 0 saturated heterocycles. The molecule has 0 aliphatic heterocycles. The predicted molar refractivity (Wildman–Crippen MR) is 60.7 cm³/mol. The normalized spacial score (nSPS) is 10.4. The third kappa shape index (κ3) is 3.27. The molecule has 0 spiro atoms. The van der Waals surface area contributed by atoms with Gasteiger partial charge in [0.2, 0.25) is 5.91 Å². The first kappa shape index (κ1) is 12.0. The summed E-state index contributed by atoms with van der Waals surface area (Å²) >= 11 is 0. The Hall–Kier alpha value is -2.04. The SMILES string of the molecule is CCC(=O)N/N=C\c1ccc(O)c(OC)c1. The largest absolute Gasteiger partial charge is 0.504 e. The number of benzene rings is 1. The molecule has 0 aromatic heterocycles. The van der Waals surface area contributed by atoms with Crippen LogP contribution >= 0.6 is 0 Å². The molecule has 1 aromatic carbocycles. The van der Waals surface area contributed by atoms with Crippen molar-refractivity contribution >= 4 is 12.1 Å². The van der Waals surface area contributed by atoms with Crippen LogP contribution in [0.15, 0.2) is 23.3 Å².